The molecule has 4 nitrogen and oxygen atoms in total. The molecule has 5 heteroatoms. The molecule has 0 radical (unpaired) electrons. The maximum atomic E-state index is 6.26. The Bertz CT molecular complexity index is 468. The van der Waals surface area contributed by atoms with E-state index in [1.54, 1.807) is 4.68 Å². The number of aromatic nitrogens is 4. The fourth-order valence-electron chi connectivity index (χ4n) is 1.75. The van der Waals surface area contributed by atoms with Crippen LogP contribution in [0.2, 0.25) is 0 Å². The number of nitrogens with zero attached hydrogens (tertiary/aromatic N) is 4. The lowest BCUT2D eigenvalue weighted by Gasteiger charge is -2.15. The second kappa shape index (κ2) is 5.27. The van der Waals surface area contributed by atoms with Crippen molar-refractivity contribution in [2.45, 2.75) is 31.6 Å². The number of tetrazole rings is 1. The number of hydrogen-bond acceptors (Lipinski definition) is 3. The third-order valence-electron chi connectivity index (χ3n) is 2.83. The highest BCUT2D eigenvalue weighted by atomic mass is 35.5. The Morgan fingerprint density at radius 2 is 2.00 bits per heavy atom. The largest absolute Gasteiger partial charge is 0.197 e. The lowest BCUT2D eigenvalue weighted by molar-refractivity contribution is 0.613. The van der Waals surface area contributed by atoms with E-state index in [1.807, 2.05) is 37.3 Å². The lowest BCUT2D eigenvalue weighted by Crippen LogP contribution is -2.14. The van der Waals surface area contributed by atoms with Crippen molar-refractivity contribution in [2.75, 3.05) is 0 Å². The lowest BCUT2D eigenvalue weighted by atomic mass is 10.0. The number of alkyl halides is 1. The van der Waals surface area contributed by atoms with Crippen LogP contribution in [0, 0.1) is 0 Å². The first-order valence-electron chi connectivity index (χ1n) is 5.71. The van der Waals surface area contributed by atoms with Gasteiger partial charge in [0, 0.05) is 11.3 Å². The third-order valence-corrected chi connectivity index (χ3v) is 3.52. The Hall–Kier alpha value is -1.42. The Morgan fingerprint density at radius 3 is 2.65 bits per heavy atom. The highest BCUT2D eigenvalue weighted by molar-refractivity contribution is 6.21. The average molecular weight is 251 g/mol. The van der Waals surface area contributed by atoms with E-state index >= 15 is 0 Å². The van der Waals surface area contributed by atoms with E-state index in [9.17, 15) is 0 Å². The third kappa shape index (κ3) is 2.47. The predicted octanol–water partition coefficient (Wildman–Crippen LogP) is 2.78. The maximum absolute atomic E-state index is 6.26. The minimum absolute atomic E-state index is 0.0449. The van der Waals surface area contributed by atoms with Gasteiger partial charge in [-0.15, -0.1) is 16.7 Å². The summed E-state index contributed by atoms with van der Waals surface area (Å²) in [6.07, 6.45) is 0.893. The molecule has 0 saturated carbocycles. The second-order valence-corrected chi connectivity index (χ2v) is 4.56. The van der Waals surface area contributed by atoms with Crippen LogP contribution in [0.3, 0.4) is 0 Å². The van der Waals surface area contributed by atoms with Gasteiger partial charge in [-0.3, -0.25) is 0 Å². The summed E-state index contributed by atoms with van der Waals surface area (Å²) in [4.78, 5) is 0. The molecule has 2 atom stereocenters. The van der Waals surface area contributed by atoms with E-state index in [0.29, 0.717) is 0 Å². The highest BCUT2D eigenvalue weighted by Gasteiger charge is 2.21. The summed E-state index contributed by atoms with van der Waals surface area (Å²) in [6, 6.07) is 9.84. The van der Waals surface area contributed by atoms with Crippen LogP contribution >= 0.6 is 11.6 Å². The normalized spacial score (nSPS) is 14.5. The van der Waals surface area contributed by atoms with Crippen LogP contribution in [0.25, 0.3) is 5.69 Å². The van der Waals surface area contributed by atoms with E-state index in [-0.39, 0.29) is 11.3 Å². The van der Waals surface area contributed by atoms with Gasteiger partial charge in [0.05, 0.1) is 5.69 Å². The van der Waals surface area contributed by atoms with Crippen molar-refractivity contribution in [3.63, 3.8) is 0 Å². The quantitative estimate of drug-likeness (QED) is 0.784. The Morgan fingerprint density at radius 1 is 1.29 bits per heavy atom. The second-order valence-electron chi connectivity index (χ2n) is 4.00. The van der Waals surface area contributed by atoms with Gasteiger partial charge in [-0.25, -0.2) is 0 Å². The number of halogens is 1. The topological polar surface area (TPSA) is 43.6 Å². The molecule has 1 aromatic heterocycles. The van der Waals surface area contributed by atoms with Crippen molar-refractivity contribution >= 4 is 11.6 Å². The summed E-state index contributed by atoms with van der Waals surface area (Å²) >= 11 is 6.26. The Balaban J connectivity index is 2.35. The first kappa shape index (κ1) is 12.0. The minimum Gasteiger partial charge on any atom is -0.197 e. The van der Waals surface area contributed by atoms with Gasteiger partial charge < -0.3 is 0 Å². The summed E-state index contributed by atoms with van der Waals surface area (Å²) < 4.78 is 1.75. The van der Waals surface area contributed by atoms with Crippen LogP contribution in [0.1, 0.15) is 32.0 Å². The smallest absolute Gasteiger partial charge is 0.160 e. The standard InChI is InChI=1S/C12H15ClN4/c1-3-11(13)9(2)12-14-15-16-17(12)10-7-5-4-6-8-10/h4-9,11H,3H2,1-2H3. The van der Waals surface area contributed by atoms with E-state index in [2.05, 4.69) is 22.4 Å². The van der Waals surface area contributed by atoms with Gasteiger partial charge in [0.15, 0.2) is 5.82 Å². The van der Waals surface area contributed by atoms with Gasteiger partial charge in [0.25, 0.3) is 0 Å². The zero-order chi connectivity index (χ0) is 12.3. The number of rotatable bonds is 4. The fourth-order valence-corrected chi connectivity index (χ4v) is 1.86. The van der Waals surface area contributed by atoms with Crippen LogP contribution in [0.15, 0.2) is 30.3 Å². The van der Waals surface area contributed by atoms with Gasteiger partial charge >= 0.3 is 0 Å². The Kier molecular flexibility index (Phi) is 3.74. The molecule has 0 spiro atoms. The van der Waals surface area contributed by atoms with Crippen molar-refractivity contribution < 1.29 is 0 Å². The molecule has 90 valence electrons. The molecule has 0 bridgehead atoms. The molecule has 2 unspecified atom stereocenters. The molecule has 0 amide bonds. The molecule has 1 heterocycles. The van der Waals surface area contributed by atoms with Crippen molar-refractivity contribution in [3.8, 4) is 5.69 Å². The van der Waals surface area contributed by atoms with Gasteiger partial charge in [0.2, 0.25) is 0 Å². The molecule has 0 fully saturated rings. The van der Waals surface area contributed by atoms with Crippen molar-refractivity contribution in [3.05, 3.63) is 36.2 Å². The molecule has 0 aliphatic heterocycles. The molecule has 0 saturated heterocycles. The molecule has 0 N–H and O–H groups in total. The minimum atomic E-state index is 0.0449. The van der Waals surface area contributed by atoms with Crippen molar-refractivity contribution in [2.24, 2.45) is 0 Å². The molecule has 17 heavy (non-hydrogen) atoms. The number of para-hydroxylation sites is 1. The number of benzene rings is 1. The SMILES string of the molecule is CCC(Cl)C(C)c1nnnn1-c1ccccc1. The van der Waals surface area contributed by atoms with Crippen molar-refractivity contribution in [1.29, 1.82) is 0 Å². The van der Waals surface area contributed by atoms with Crippen LogP contribution in [0.4, 0.5) is 0 Å². The zero-order valence-electron chi connectivity index (χ0n) is 9.92. The molecule has 0 aliphatic rings. The van der Waals surface area contributed by atoms with Crippen LogP contribution < -0.4 is 0 Å². The molecular weight excluding hydrogens is 236 g/mol. The van der Waals surface area contributed by atoms with Gasteiger partial charge in [0.1, 0.15) is 0 Å². The number of hydrogen-bond donors (Lipinski definition) is 0. The molecule has 1 aromatic carbocycles. The average Bonchev–Trinajstić information content (AvgIpc) is 2.87. The zero-order valence-corrected chi connectivity index (χ0v) is 10.7. The van der Waals surface area contributed by atoms with E-state index in [1.165, 1.54) is 0 Å². The van der Waals surface area contributed by atoms with Crippen LogP contribution in [-0.2, 0) is 0 Å². The Labute approximate surface area is 106 Å². The van der Waals surface area contributed by atoms with Crippen molar-refractivity contribution in [1.82, 2.24) is 20.2 Å². The van der Waals surface area contributed by atoms with Crippen LogP contribution in [0.5, 0.6) is 0 Å². The first-order valence-corrected chi connectivity index (χ1v) is 6.15. The molecular formula is C12H15ClN4. The summed E-state index contributed by atoms with van der Waals surface area (Å²) in [5.74, 6) is 0.926. The fraction of sp³-hybridized carbons (Fsp3) is 0.417. The summed E-state index contributed by atoms with van der Waals surface area (Å²) in [7, 11) is 0. The van der Waals surface area contributed by atoms with E-state index in [4.69, 9.17) is 11.6 Å². The maximum Gasteiger partial charge on any atom is 0.160 e. The highest BCUT2D eigenvalue weighted by Crippen LogP contribution is 2.24. The summed E-state index contributed by atoms with van der Waals surface area (Å²) in [6.45, 7) is 4.11. The first-order chi connectivity index (χ1) is 8.24. The van der Waals surface area contributed by atoms with Gasteiger partial charge in [-0.2, -0.15) is 4.68 Å². The van der Waals surface area contributed by atoms with Gasteiger partial charge in [-0.1, -0.05) is 32.0 Å². The molecule has 0 aliphatic carbocycles. The summed E-state index contributed by atoms with van der Waals surface area (Å²) in [5, 5.41) is 11.9. The van der Waals surface area contributed by atoms with E-state index in [0.717, 1.165) is 17.9 Å². The molecule has 2 rings (SSSR count). The van der Waals surface area contributed by atoms with Crippen LogP contribution in [-0.4, -0.2) is 25.6 Å². The predicted molar refractivity (Wildman–Crippen MR) is 67.5 cm³/mol. The van der Waals surface area contributed by atoms with E-state index < -0.39 is 0 Å². The monoisotopic (exact) mass is 250 g/mol. The summed E-state index contributed by atoms with van der Waals surface area (Å²) in [5.41, 5.74) is 0.958. The van der Waals surface area contributed by atoms with Gasteiger partial charge in [-0.05, 0) is 29.0 Å². The molecule has 2 aromatic rings.